The average Bonchev–Trinajstić information content (AvgIpc) is 2.96. The molecule has 5 heteroatoms. The van der Waals surface area contributed by atoms with Gasteiger partial charge in [-0.3, -0.25) is 4.98 Å². The van der Waals surface area contributed by atoms with Crippen LogP contribution in [0.15, 0.2) is 36.8 Å². The van der Waals surface area contributed by atoms with Crippen LogP contribution in [0.4, 0.5) is 0 Å². The van der Waals surface area contributed by atoms with E-state index in [1.165, 1.54) is 12.7 Å². The molecule has 5 nitrogen and oxygen atoms in total. The summed E-state index contributed by atoms with van der Waals surface area (Å²) in [5.74, 6) is -0.364. The summed E-state index contributed by atoms with van der Waals surface area (Å²) in [7, 11) is 1.36. The Morgan fingerprint density at radius 2 is 2.24 bits per heavy atom. The lowest BCUT2D eigenvalue weighted by atomic mass is 10.2. The summed E-state index contributed by atoms with van der Waals surface area (Å²) in [6.45, 7) is 5.87. The number of aromatic nitrogens is 2. The molecule has 1 atom stereocenters. The van der Waals surface area contributed by atoms with Crippen LogP contribution in [0.1, 0.15) is 41.5 Å². The number of methoxy groups -OCH3 is 1. The largest absolute Gasteiger partial charge is 0.465 e. The summed E-state index contributed by atoms with van der Waals surface area (Å²) >= 11 is 0. The first-order chi connectivity index (χ1) is 10.1. The van der Waals surface area contributed by atoms with Crippen LogP contribution >= 0.6 is 0 Å². The molecular weight excluding hydrogens is 266 g/mol. The Morgan fingerprint density at radius 1 is 1.43 bits per heavy atom. The van der Waals surface area contributed by atoms with E-state index in [9.17, 15) is 4.79 Å². The second kappa shape index (κ2) is 7.04. The van der Waals surface area contributed by atoms with Crippen LogP contribution in [0.25, 0.3) is 0 Å². The van der Waals surface area contributed by atoms with Gasteiger partial charge in [0, 0.05) is 24.6 Å². The summed E-state index contributed by atoms with van der Waals surface area (Å²) in [4.78, 5) is 15.6. The van der Waals surface area contributed by atoms with E-state index < -0.39 is 0 Å². The molecule has 0 saturated heterocycles. The summed E-state index contributed by atoms with van der Waals surface area (Å²) in [6, 6.07) is 6.03. The van der Waals surface area contributed by atoms with Crippen molar-refractivity contribution in [2.75, 3.05) is 13.7 Å². The Morgan fingerprint density at radius 3 is 2.86 bits per heavy atom. The normalized spacial score (nSPS) is 12.1. The molecule has 2 aromatic heterocycles. The zero-order chi connectivity index (χ0) is 15.2. The zero-order valence-electron chi connectivity index (χ0n) is 12.7. The lowest BCUT2D eigenvalue weighted by molar-refractivity contribution is 0.0600. The maximum atomic E-state index is 11.3. The number of carbonyl (C=O) groups is 1. The molecule has 0 aliphatic rings. The molecule has 2 aromatic rings. The maximum absolute atomic E-state index is 11.3. The van der Waals surface area contributed by atoms with E-state index in [4.69, 9.17) is 0 Å². The van der Waals surface area contributed by atoms with Crippen molar-refractivity contribution >= 4 is 5.97 Å². The van der Waals surface area contributed by atoms with Crippen molar-refractivity contribution in [3.8, 4) is 0 Å². The number of hydrogen-bond donors (Lipinski definition) is 1. The maximum Gasteiger partial charge on any atom is 0.339 e. The number of esters is 1. The Labute approximate surface area is 125 Å². The van der Waals surface area contributed by atoms with Crippen molar-refractivity contribution in [3.63, 3.8) is 0 Å². The Balaban J connectivity index is 2.03. The molecule has 1 unspecified atom stereocenters. The number of ether oxygens (including phenoxy) is 1. The molecule has 0 aliphatic heterocycles. The van der Waals surface area contributed by atoms with E-state index in [1.807, 2.05) is 12.3 Å². The van der Waals surface area contributed by atoms with E-state index in [1.54, 1.807) is 12.3 Å². The van der Waals surface area contributed by atoms with E-state index in [0.29, 0.717) is 18.2 Å². The van der Waals surface area contributed by atoms with Gasteiger partial charge in [0.15, 0.2) is 0 Å². The van der Waals surface area contributed by atoms with Crippen molar-refractivity contribution in [1.82, 2.24) is 14.9 Å². The van der Waals surface area contributed by atoms with Gasteiger partial charge < -0.3 is 14.6 Å². The Kier molecular flexibility index (Phi) is 5.11. The molecule has 0 spiro atoms. The molecule has 0 aliphatic carbocycles. The predicted molar refractivity (Wildman–Crippen MR) is 81.2 cm³/mol. The van der Waals surface area contributed by atoms with Gasteiger partial charge in [-0.05, 0) is 37.2 Å². The van der Waals surface area contributed by atoms with Gasteiger partial charge in [0.1, 0.15) is 0 Å². The molecule has 0 aromatic carbocycles. The highest BCUT2D eigenvalue weighted by molar-refractivity contribution is 5.88. The zero-order valence-corrected chi connectivity index (χ0v) is 12.7. The van der Waals surface area contributed by atoms with Crippen LogP contribution in [-0.2, 0) is 11.3 Å². The number of rotatable bonds is 6. The average molecular weight is 287 g/mol. The van der Waals surface area contributed by atoms with E-state index >= 15 is 0 Å². The van der Waals surface area contributed by atoms with Crippen molar-refractivity contribution in [1.29, 1.82) is 0 Å². The van der Waals surface area contributed by atoms with Gasteiger partial charge in [-0.2, -0.15) is 0 Å². The second-order valence-electron chi connectivity index (χ2n) is 4.93. The third-order valence-corrected chi connectivity index (χ3v) is 3.37. The van der Waals surface area contributed by atoms with Gasteiger partial charge >= 0.3 is 5.97 Å². The van der Waals surface area contributed by atoms with Crippen molar-refractivity contribution < 1.29 is 9.53 Å². The lowest BCUT2D eigenvalue weighted by Crippen LogP contribution is -2.17. The molecule has 112 valence electrons. The SMILES string of the molecule is CCNC(C)c1ccn(Cc2ccc(C(=O)OC)cn2)c1. The van der Waals surface area contributed by atoms with Crippen molar-refractivity contribution in [2.24, 2.45) is 0 Å². The fraction of sp³-hybridized carbons (Fsp3) is 0.375. The monoisotopic (exact) mass is 287 g/mol. The first kappa shape index (κ1) is 15.3. The quantitative estimate of drug-likeness (QED) is 0.829. The Hall–Kier alpha value is -2.14. The fourth-order valence-corrected chi connectivity index (χ4v) is 2.18. The molecule has 2 rings (SSSR count). The van der Waals surface area contributed by atoms with Crippen LogP contribution in [0.2, 0.25) is 0 Å². The van der Waals surface area contributed by atoms with Crippen molar-refractivity contribution in [2.45, 2.75) is 26.4 Å². The van der Waals surface area contributed by atoms with E-state index in [2.05, 4.69) is 45.7 Å². The van der Waals surface area contributed by atoms with Crippen LogP contribution in [0, 0.1) is 0 Å². The summed E-state index contributed by atoms with van der Waals surface area (Å²) in [5.41, 5.74) is 2.62. The summed E-state index contributed by atoms with van der Waals surface area (Å²) in [5, 5.41) is 3.38. The third kappa shape index (κ3) is 3.92. The fourth-order valence-electron chi connectivity index (χ4n) is 2.18. The van der Waals surface area contributed by atoms with E-state index in [-0.39, 0.29) is 5.97 Å². The molecule has 21 heavy (non-hydrogen) atoms. The number of nitrogens with one attached hydrogen (secondary N) is 1. The third-order valence-electron chi connectivity index (χ3n) is 3.37. The molecule has 0 fully saturated rings. The lowest BCUT2D eigenvalue weighted by Gasteiger charge is -2.09. The van der Waals surface area contributed by atoms with Gasteiger partial charge in [0.05, 0.1) is 24.9 Å². The summed E-state index contributed by atoms with van der Waals surface area (Å²) < 4.78 is 6.74. The number of hydrogen-bond acceptors (Lipinski definition) is 4. The van der Waals surface area contributed by atoms with Gasteiger partial charge in [-0.25, -0.2) is 4.79 Å². The summed E-state index contributed by atoms with van der Waals surface area (Å²) in [6.07, 6.45) is 5.70. The molecule has 0 bridgehead atoms. The number of pyridine rings is 1. The van der Waals surface area contributed by atoms with Crippen LogP contribution in [0.5, 0.6) is 0 Å². The number of carbonyl (C=O) groups excluding carboxylic acids is 1. The first-order valence-corrected chi connectivity index (χ1v) is 7.06. The minimum Gasteiger partial charge on any atom is -0.465 e. The highest BCUT2D eigenvalue weighted by atomic mass is 16.5. The topological polar surface area (TPSA) is 56.2 Å². The minimum absolute atomic E-state index is 0.339. The van der Waals surface area contributed by atoms with Crippen LogP contribution in [-0.4, -0.2) is 29.2 Å². The van der Waals surface area contributed by atoms with Gasteiger partial charge in [-0.1, -0.05) is 6.92 Å². The van der Waals surface area contributed by atoms with Crippen molar-refractivity contribution in [3.05, 3.63) is 53.6 Å². The van der Waals surface area contributed by atoms with Gasteiger partial charge in [0.25, 0.3) is 0 Å². The molecular formula is C16H21N3O2. The van der Waals surface area contributed by atoms with E-state index in [0.717, 1.165) is 12.2 Å². The predicted octanol–water partition coefficient (Wildman–Crippen LogP) is 2.39. The standard InChI is InChI=1S/C16H21N3O2/c1-4-17-12(2)14-7-8-19(10-14)11-15-6-5-13(9-18-15)16(20)21-3/h5-10,12,17H,4,11H2,1-3H3. The molecule has 1 N–H and O–H groups in total. The Bertz CT molecular complexity index is 590. The van der Waals surface area contributed by atoms with Crippen LogP contribution < -0.4 is 5.32 Å². The van der Waals surface area contributed by atoms with Gasteiger partial charge in [0.2, 0.25) is 0 Å². The van der Waals surface area contributed by atoms with Crippen LogP contribution in [0.3, 0.4) is 0 Å². The second-order valence-corrected chi connectivity index (χ2v) is 4.93. The minimum atomic E-state index is -0.364. The number of nitrogens with zero attached hydrogens (tertiary/aromatic N) is 2. The highest BCUT2D eigenvalue weighted by Crippen LogP contribution is 2.13. The molecule has 0 radical (unpaired) electrons. The molecule has 0 amide bonds. The smallest absolute Gasteiger partial charge is 0.339 e. The molecule has 2 heterocycles. The van der Waals surface area contributed by atoms with Gasteiger partial charge in [-0.15, -0.1) is 0 Å². The first-order valence-electron chi connectivity index (χ1n) is 7.06. The highest BCUT2D eigenvalue weighted by Gasteiger charge is 2.07. The molecule has 0 saturated carbocycles.